The topological polar surface area (TPSA) is 140 Å². The maximum absolute atomic E-state index is 12.9. The average Bonchev–Trinajstić information content (AvgIpc) is 3.26. The van der Waals surface area contributed by atoms with Crippen molar-refractivity contribution in [3.05, 3.63) is 54.4 Å². The fourth-order valence-corrected chi connectivity index (χ4v) is 3.58. The summed E-state index contributed by atoms with van der Waals surface area (Å²) in [7, 11) is -3.85. The van der Waals surface area contributed by atoms with E-state index in [9.17, 15) is 17.6 Å². The SMILES string of the molecule is CC(N)c1nc(-c2ccc(S(=O)(=O)Nc3ccc(NC(=O)C(C)(C)CF)cc3)cc2)no1. The number of alkyl halides is 1. The Labute approximate surface area is 185 Å². The summed E-state index contributed by atoms with van der Waals surface area (Å²) in [5, 5.41) is 6.44. The van der Waals surface area contributed by atoms with Gasteiger partial charge in [-0.25, -0.2) is 12.8 Å². The van der Waals surface area contributed by atoms with E-state index >= 15 is 0 Å². The first-order valence-electron chi connectivity index (χ1n) is 9.72. The van der Waals surface area contributed by atoms with E-state index in [1.165, 1.54) is 50.2 Å². The standard InChI is InChI=1S/C21H24FN5O4S/c1-13(23)19-25-18(26-31-19)14-4-10-17(11-5-14)32(29,30)27-16-8-6-15(7-9-16)24-20(28)21(2,3)12-22/h4-11,13,27H,12,23H2,1-3H3,(H,24,28). The second kappa shape index (κ2) is 9.05. The number of aromatic nitrogens is 2. The third-order valence-corrected chi connectivity index (χ3v) is 6.00. The Bertz CT molecular complexity index is 1190. The summed E-state index contributed by atoms with van der Waals surface area (Å²) in [5.74, 6) is 0.122. The highest BCUT2D eigenvalue weighted by Gasteiger charge is 2.27. The van der Waals surface area contributed by atoms with Gasteiger partial charge in [0, 0.05) is 16.9 Å². The van der Waals surface area contributed by atoms with Gasteiger partial charge in [0.1, 0.15) is 6.67 Å². The van der Waals surface area contributed by atoms with Gasteiger partial charge >= 0.3 is 0 Å². The molecule has 0 radical (unpaired) electrons. The molecule has 1 atom stereocenters. The highest BCUT2D eigenvalue weighted by atomic mass is 32.2. The van der Waals surface area contributed by atoms with Crippen LogP contribution in [-0.2, 0) is 14.8 Å². The molecule has 3 rings (SSSR count). The molecular weight excluding hydrogens is 437 g/mol. The van der Waals surface area contributed by atoms with Crippen LogP contribution in [0.15, 0.2) is 57.9 Å². The number of hydrogen-bond acceptors (Lipinski definition) is 7. The first-order chi connectivity index (χ1) is 15.0. The minimum Gasteiger partial charge on any atom is -0.337 e. The van der Waals surface area contributed by atoms with Gasteiger partial charge in [0.25, 0.3) is 10.0 Å². The Kier molecular flexibility index (Phi) is 6.60. The lowest BCUT2D eigenvalue weighted by molar-refractivity contribution is -0.124. The molecule has 0 aliphatic heterocycles. The van der Waals surface area contributed by atoms with E-state index in [0.717, 1.165) is 0 Å². The summed E-state index contributed by atoms with van der Waals surface area (Å²) in [5.41, 5.74) is 5.85. The molecule has 0 fully saturated rings. The number of hydrogen-bond donors (Lipinski definition) is 3. The molecule has 1 heterocycles. The normalized spacial score (nSPS) is 12.9. The van der Waals surface area contributed by atoms with Crippen LogP contribution in [0.1, 0.15) is 32.7 Å². The van der Waals surface area contributed by atoms with E-state index in [4.69, 9.17) is 10.3 Å². The van der Waals surface area contributed by atoms with Crippen molar-refractivity contribution in [2.75, 3.05) is 16.7 Å². The Morgan fingerprint density at radius 2 is 1.72 bits per heavy atom. The van der Waals surface area contributed by atoms with Crippen molar-refractivity contribution < 1.29 is 22.1 Å². The van der Waals surface area contributed by atoms with Gasteiger partial charge in [-0.15, -0.1) is 0 Å². The van der Waals surface area contributed by atoms with Gasteiger partial charge in [-0.1, -0.05) is 5.16 Å². The van der Waals surface area contributed by atoms with Crippen molar-refractivity contribution in [1.82, 2.24) is 10.1 Å². The molecular formula is C21H24FN5O4S. The Balaban J connectivity index is 1.70. The Hall–Kier alpha value is -3.31. The minimum atomic E-state index is -3.85. The zero-order valence-corrected chi connectivity index (χ0v) is 18.6. The first kappa shape index (κ1) is 23.4. The highest BCUT2D eigenvalue weighted by molar-refractivity contribution is 7.92. The monoisotopic (exact) mass is 461 g/mol. The molecule has 0 spiro atoms. The molecule has 3 aromatic rings. The zero-order valence-electron chi connectivity index (χ0n) is 17.8. The number of halogens is 1. The first-order valence-corrected chi connectivity index (χ1v) is 11.2. The molecule has 11 heteroatoms. The van der Waals surface area contributed by atoms with Gasteiger partial charge in [0.2, 0.25) is 17.6 Å². The summed E-state index contributed by atoms with van der Waals surface area (Å²) in [4.78, 5) is 16.3. The van der Waals surface area contributed by atoms with Crippen molar-refractivity contribution >= 4 is 27.3 Å². The minimum absolute atomic E-state index is 0.0410. The summed E-state index contributed by atoms with van der Waals surface area (Å²) >= 11 is 0. The lowest BCUT2D eigenvalue weighted by Crippen LogP contribution is -2.32. The van der Waals surface area contributed by atoms with Crippen molar-refractivity contribution in [1.29, 1.82) is 0 Å². The van der Waals surface area contributed by atoms with Gasteiger partial charge in [-0.05, 0) is 69.3 Å². The number of carbonyl (C=O) groups excluding carboxylic acids is 1. The lowest BCUT2D eigenvalue weighted by Gasteiger charge is -2.19. The second-order valence-electron chi connectivity index (χ2n) is 7.92. The fraction of sp³-hybridized carbons (Fsp3) is 0.286. The van der Waals surface area contributed by atoms with Gasteiger partial charge in [-0.2, -0.15) is 4.98 Å². The molecule has 0 saturated heterocycles. The number of sulfonamides is 1. The number of nitrogens with zero attached hydrogens (tertiary/aromatic N) is 2. The van der Waals surface area contributed by atoms with Crippen LogP contribution in [0.3, 0.4) is 0 Å². The van der Waals surface area contributed by atoms with E-state index in [-0.39, 0.29) is 10.8 Å². The van der Waals surface area contributed by atoms with Gasteiger partial charge in [0.05, 0.1) is 16.4 Å². The van der Waals surface area contributed by atoms with E-state index < -0.39 is 34.1 Å². The molecule has 32 heavy (non-hydrogen) atoms. The second-order valence-corrected chi connectivity index (χ2v) is 9.61. The van der Waals surface area contributed by atoms with Crippen LogP contribution >= 0.6 is 0 Å². The predicted octanol–water partition coefficient (Wildman–Crippen LogP) is 3.49. The highest BCUT2D eigenvalue weighted by Crippen LogP contribution is 2.24. The fourth-order valence-electron chi connectivity index (χ4n) is 2.52. The number of rotatable bonds is 8. The number of anilines is 2. The van der Waals surface area contributed by atoms with Crippen molar-refractivity contribution in [3.63, 3.8) is 0 Å². The molecule has 4 N–H and O–H groups in total. The maximum Gasteiger partial charge on any atom is 0.261 e. The largest absolute Gasteiger partial charge is 0.337 e. The van der Waals surface area contributed by atoms with Crippen LogP contribution < -0.4 is 15.8 Å². The number of nitrogens with two attached hydrogens (primary N) is 1. The molecule has 2 aromatic carbocycles. The number of nitrogens with one attached hydrogen (secondary N) is 2. The molecule has 9 nitrogen and oxygen atoms in total. The van der Waals surface area contributed by atoms with E-state index in [2.05, 4.69) is 20.2 Å². The number of amides is 1. The smallest absolute Gasteiger partial charge is 0.261 e. The van der Waals surface area contributed by atoms with Crippen LogP contribution in [-0.4, -0.2) is 31.1 Å². The van der Waals surface area contributed by atoms with Crippen molar-refractivity contribution in [2.24, 2.45) is 11.1 Å². The van der Waals surface area contributed by atoms with E-state index in [0.29, 0.717) is 22.8 Å². The van der Waals surface area contributed by atoms with Gasteiger partial charge in [0.15, 0.2) is 0 Å². The van der Waals surface area contributed by atoms with Crippen LogP contribution in [0, 0.1) is 5.41 Å². The van der Waals surface area contributed by atoms with Crippen LogP contribution in [0.5, 0.6) is 0 Å². The molecule has 1 aromatic heterocycles. The molecule has 0 aliphatic rings. The lowest BCUT2D eigenvalue weighted by atomic mass is 9.94. The van der Waals surface area contributed by atoms with Crippen molar-refractivity contribution in [3.8, 4) is 11.4 Å². The summed E-state index contributed by atoms with van der Waals surface area (Å²) in [6, 6.07) is 11.6. The number of carbonyl (C=O) groups is 1. The molecule has 0 aliphatic carbocycles. The molecule has 1 amide bonds. The maximum atomic E-state index is 12.9. The van der Waals surface area contributed by atoms with Crippen LogP contribution in [0.2, 0.25) is 0 Å². The number of benzene rings is 2. The molecule has 0 bridgehead atoms. The van der Waals surface area contributed by atoms with Gasteiger partial charge < -0.3 is 15.6 Å². The molecule has 0 saturated carbocycles. The summed E-state index contributed by atoms with van der Waals surface area (Å²) in [6.45, 7) is 3.90. The third-order valence-electron chi connectivity index (χ3n) is 4.60. The zero-order chi connectivity index (χ0) is 23.5. The Morgan fingerprint density at radius 1 is 1.12 bits per heavy atom. The quantitative estimate of drug-likeness (QED) is 0.466. The Morgan fingerprint density at radius 3 is 2.25 bits per heavy atom. The van der Waals surface area contributed by atoms with Crippen molar-refractivity contribution in [2.45, 2.75) is 31.7 Å². The van der Waals surface area contributed by atoms with E-state index in [1.807, 2.05) is 0 Å². The predicted molar refractivity (Wildman–Crippen MR) is 118 cm³/mol. The van der Waals surface area contributed by atoms with Crippen LogP contribution in [0.4, 0.5) is 15.8 Å². The van der Waals surface area contributed by atoms with Gasteiger partial charge in [-0.3, -0.25) is 9.52 Å². The summed E-state index contributed by atoms with van der Waals surface area (Å²) in [6.07, 6.45) is 0. The van der Waals surface area contributed by atoms with Crippen LogP contribution in [0.25, 0.3) is 11.4 Å². The molecule has 1 unspecified atom stereocenters. The summed E-state index contributed by atoms with van der Waals surface area (Å²) < 4.78 is 45.8. The average molecular weight is 462 g/mol. The van der Waals surface area contributed by atoms with E-state index in [1.54, 1.807) is 19.1 Å². The third kappa shape index (κ3) is 5.29. The molecule has 170 valence electrons.